The van der Waals surface area contributed by atoms with E-state index in [1.807, 2.05) is 60.7 Å². The number of rotatable bonds is 5. The smallest absolute Gasteiger partial charge is 0.262 e. The highest BCUT2D eigenvalue weighted by Crippen LogP contribution is 2.57. The molecule has 2 bridgehead atoms. The van der Waals surface area contributed by atoms with E-state index < -0.39 is 13.9 Å². The van der Waals surface area contributed by atoms with Gasteiger partial charge in [0.25, 0.3) is 11.8 Å². The summed E-state index contributed by atoms with van der Waals surface area (Å²) in [6, 6.07) is 25.7. The van der Waals surface area contributed by atoms with Gasteiger partial charge in [0.1, 0.15) is 5.60 Å². The van der Waals surface area contributed by atoms with E-state index in [1.54, 1.807) is 0 Å². The second-order valence-electron chi connectivity index (χ2n) is 13.6. The van der Waals surface area contributed by atoms with Gasteiger partial charge in [0, 0.05) is 45.0 Å². The summed E-state index contributed by atoms with van der Waals surface area (Å²) in [4.78, 5) is 43.6. The Labute approximate surface area is 254 Å². The topological polar surface area (TPSA) is 73.5 Å². The first-order chi connectivity index (χ1) is 21.2. The summed E-state index contributed by atoms with van der Waals surface area (Å²) in [5.41, 5.74) is 4.70. The maximum Gasteiger partial charge on any atom is 0.262 e. The van der Waals surface area contributed by atoms with Crippen LogP contribution in [0, 0.1) is 0 Å². The standard InChI is InChI=1S/C36H31N3O4Si/c1-44(2,3)43-36(20-40)18-22-17-27(36)39-26-16-10-8-14-24(26)29-31-30(34(41)37(35(31)42)19-21-11-5-4-6-12-21)28-23-13-7-9-15-25(23)38(22)32(28)33(29)39/h4-16,20,22,27H,17-19H2,1-3H3/t22-,27+,36+/m1/s1. The number of hydrogen-bond acceptors (Lipinski definition) is 4. The van der Waals surface area contributed by atoms with Crippen LogP contribution in [-0.2, 0) is 15.8 Å². The van der Waals surface area contributed by atoms with E-state index in [-0.39, 0.29) is 30.4 Å². The molecule has 0 saturated heterocycles. The molecule has 0 N–H and O–H groups in total. The molecule has 0 radical (unpaired) electrons. The third-order valence-corrected chi connectivity index (χ3v) is 10.9. The Morgan fingerprint density at radius 3 is 1.93 bits per heavy atom. The monoisotopic (exact) mass is 597 g/mol. The minimum Gasteiger partial charge on any atom is -0.403 e. The Morgan fingerprint density at radius 2 is 1.34 bits per heavy atom. The SMILES string of the molecule is C[Si](C)(C)O[C@]1(C=O)C[C@H]2C[C@@H]1n1c3ccccc3c3c4c(c5c6ccccc6n2c5c31)C(=O)N(Cc1ccccc1)C4=O. The molecule has 1 saturated carbocycles. The van der Waals surface area contributed by atoms with Crippen LogP contribution in [0.15, 0.2) is 78.9 Å². The molecule has 4 aromatic carbocycles. The van der Waals surface area contributed by atoms with Crippen molar-refractivity contribution in [2.45, 2.75) is 56.7 Å². The van der Waals surface area contributed by atoms with Gasteiger partial charge in [-0.2, -0.15) is 0 Å². The predicted molar refractivity (Wildman–Crippen MR) is 174 cm³/mol. The van der Waals surface area contributed by atoms with Crippen LogP contribution in [0.1, 0.15) is 51.2 Å². The van der Waals surface area contributed by atoms with Gasteiger partial charge in [-0.1, -0.05) is 66.7 Å². The number of aldehydes is 1. The number of amides is 2. The molecule has 44 heavy (non-hydrogen) atoms. The fourth-order valence-electron chi connectivity index (χ4n) is 8.55. The molecule has 0 unspecified atom stereocenters. The molecule has 1 fully saturated rings. The van der Waals surface area contributed by atoms with Gasteiger partial charge < -0.3 is 18.4 Å². The molecule has 8 heteroatoms. The quantitative estimate of drug-likeness (QED) is 0.118. The Balaban J connectivity index is 1.46. The lowest BCUT2D eigenvalue weighted by atomic mass is 9.95. The van der Waals surface area contributed by atoms with Crippen molar-refractivity contribution in [3.8, 4) is 0 Å². The predicted octanol–water partition coefficient (Wildman–Crippen LogP) is 7.38. The van der Waals surface area contributed by atoms with Crippen LogP contribution in [0.2, 0.25) is 19.6 Å². The van der Waals surface area contributed by atoms with E-state index >= 15 is 0 Å². The van der Waals surface area contributed by atoms with Crippen LogP contribution >= 0.6 is 0 Å². The van der Waals surface area contributed by atoms with E-state index in [1.165, 1.54) is 4.90 Å². The maximum absolute atomic E-state index is 14.5. The van der Waals surface area contributed by atoms with E-state index in [0.717, 1.165) is 55.5 Å². The molecule has 9 rings (SSSR count). The minimum atomic E-state index is -2.16. The average Bonchev–Trinajstić information content (AvgIpc) is 3.68. The summed E-state index contributed by atoms with van der Waals surface area (Å²) in [5, 5.41) is 3.49. The molecule has 2 aromatic heterocycles. The average molecular weight is 598 g/mol. The van der Waals surface area contributed by atoms with Gasteiger partial charge in [-0.25, -0.2) is 0 Å². The molecule has 3 atom stereocenters. The highest BCUT2D eigenvalue weighted by molar-refractivity contribution is 6.70. The molecule has 6 aromatic rings. The van der Waals surface area contributed by atoms with Crippen molar-refractivity contribution in [1.82, 2.24) is 14.0 Å². The number of aromatic nitrogens is 2. The molecule has 3 aliphatic rings. The van der Waals surface area contributed by atoms with E-state index in [2.05, 4.69) is 47.0 Å². The lowest BCUT2D eigenvalue weighted by Gasteiger charge is -2.38. The Kier molecular flexibility index (Phi) is 5.04. The number of imide groups is 1. The summed E-state index contributed by atoms with van der Waals surface area (Å²) in [7, 11) is -2.16. The van der Waals surface area contributed by atoms with Crippen molar-refractivity contribution in [1.29, 1.82) is 0 Å². The van der Waals surface area contributed by atoms with E-state index in [9.17, 15) is 14.4 Å². The summed E-state index contributed by atoms with van der Waals surface area (Å²) >= 11 is 0. The lowest BCUT2D eigenvalue weighted by Crippen LogP contribution is -2.47. The molecular formula is C36H31N3O4Si. The number of carbonyl (C=O) groups excluding carboxylic acids is 3. The zero-order valence-electron chi connectivity index (χ0n) is 24.8. The first-order valence-electron chi connectivity index (χ1n) is 15.3. The molecule has 2 aliphatic heterocycles. The first kappa shape index (κ1) is 25.9. The van der Waals surface area contributed by atoms with Crippen LogP contribution in [0.3, 0.4) is 0 Å². The highest BCUT2D eigenvalue weighted by atomic mass is 28.4. The number of fused-ring (bicyclic) bond motifs is 13. The number of nitrogens with zero attached hydrogens (tertiary/aromatic N) is 3. The first-order valence-corrected chi connectivity index (χ1v) is 18.7. The molecule has 218 valence electrons. The maximum atomic E-state index is 14.5. The molecule has 4 heterocycles. The number of benzene rings is 4. The van der Waals surface area contributed by atoms with Crippen molar-refractivity contribution < 1.29 is 18.8 Å². The van der Waals surface area contributed by atoms with Crippen LogP contribution in [0.5, 0.6) is 0 Å². The second kappa shape index (κ2) is 8.55. The molecule has 2 amide bonds. The van der Waals surface area contributed by atoms with Crippen LogP contribution in [0.4, 0.5) is 0 Å². The Hall–Kier alpha value is -4.53. The van der Waals surface area contributed by atoms with Gasteiger partial charge in [0.05, 0.1) is 34.7 Å². The number of carbonyl (C=O) groups is 3. The third-order valence-electron chi connectivity index (χ3n) is 9.88. The van der Waals surface area contributed by atoms with E-state index in [4.69, 9.17) is 4.43 Å². The number of hydrogen-bond donors (Lipinski definition) is 0. The van der Waals surface area contributed by atoms with Crippen molar-refractivity contribution in [3.63, 3.8) is 0 Å². The van der Waals surface area contributed by atoms with Gasteiger partial charge in [-0.15, -0.1) is 0 Å². The summed E-state index contributed by atoms with van der Waals surface area (Å²) < 4.78 is 11.5. The normalized spacial score (nSPS) is 22.7. The molecule has 0 spiro atoms. The molecular weight excluding hydrogens is 566 g/mol. The van der Waals surface area contributed by atoms with Gasteiger partial charge in [-0.05, 0) is 43.8 Å². The van der Waals surface area contributed by atoms with Gasteiger partial charge in [0.15, 0.2) is 14.6 Å². The zero-order valence-corrected chi connectivity index (χ0v) is 25.8. The van der Waals surface area contributed by atoms with Gasteiger partial charge >= 0.3 is 0 Å². The van der Waals surface area contributed by atoms with Crippen molar-refractivity contribution in [3.05, 3.63) is 95.6 Å². The third kappa shape index (κ3) is 3.17. The minimum absolute atomic E-state index is 0.0171. The highest BCUT2D eigenvalue weighted by Gasteiger charge is 2.55. The van der Waals surface area contributed by atoms with Crippen molar-refractivity contribution in [2.75, 3.05) is 0 Å². The summed E-state index contributed by atoms with van der Waals surface area (Å²) in [5.74, 6) is -0.529. The van der Waals surface area contributed by atoms with Crippen LogP contribution in [0.25, 0.3) is 43.6 Å². The van der Waals surface area contributed by atoms with Crippen molar-refractivity contribution >= 4 is 70.0 Å². The van der Waals surface area contributed by atoms with Crippen LogP contribution in [-0.4, -0.2) is 46.1 Å². The molecule has 1 aliphatic carbocycles. The zero-order chi connectivity index (χ0) is 30.1. The van der Waals surface area contributed by atoms with E-state index in [0.29, 0.717) is 24.0 Å². The van der Waals surface area contributed by atoms with Gasteiger partial charge in [0.2, 0.25) is 0 Å². The largest absolute Gasteiger partial charge is 0.403 e. The van der Waals surface area contributed by atoms with Crippen molar-refractivity contribution in [2.24, 2.45) is 0 Å². The lowest BCUT2D eigenvalue weighted by molar-refractivity contribution is -0.124. The second-order valence-corrected chi connectivity index (χ2v) is 18.0. The van der Waals surface area contributed by atoms with Gasteiger partial charge in [-0.3, -0.25) is 14.5 Å². The summed E-state index contributed by atoms with van der Waals surface area (Å²) in [6.45, 7) is 6.60. The Bertz CT molecular complexity index is 2260. The Morgan fingerprint density at radius 1 is 0.795 bits per heavy atom. The number of para-hydroxylation sites is 2. The molecule has 7 nitrogen and oxygen atoms in total. The van der Waals surface area contributed by atoms with Crippen LogP contribution < -0.4 is 0 Å². The summed E-state index contributed by atoms with van der Waals surface area (Å²) in [6.07, 6.45) is 2.32. The fraction of sp³-hybridized carbons (Fsp3) is 0.250. The fourth-order valence-corrected chi connectivity index (χ4v) is 9.95.